The molecule has 0 spiro atoms. The van der Waals surface area contributed by atoms with Gasteiger partial charge in [-0.1, -0.05) is 5.92 Å². The first-order chi connectivity index (χ1) is 7.06. The van der Waals surface area contributed by atoms with Crippen molar-refractivity contribution in [1.82, 2.24) is 15.1 Å². The van der Waals surface area contributed by atoms with Gasteiger partial charge in [0.15, 0.2) is 0 Å². The van der Waals surface area contributed by atoms with Crippen LogP contribution in [0.3, 0.4) is 0 Å². The second-order valence-corrected chi connectivity index (χ2v) is 3.10. The second kappa shape index (κ2) is 4.46. The Hall–Kier alpha value is -2.03. The number of carbonyl (C=O) groups excluding carboxylic acids is 3. The fourth-order valence-corrected chi connectivity index (χ4v) is 1.17. The lowest BCUT2D eigenvalue weighted by Gasteiger charge is -2.12. The zero-order chi connectivity index (χ0) is 11.4. The first-order valence-electron chi connectivity index (χ1n) is 4.32. The molecule has 80 valence electrons. The Bertz CT molecular complexity index is 345. The van der Waals surface area contributed by atoms with Crippen LogP contribution < -0.4 is 5.32 Å². The number of likely N-dealkylation sites (N-methyl/N-ethyl adjacent to an activating group) is 1. The van der Waals surface area contributed by atoms with Crippen molar-refractivity contribution in [3.05, 3.63) is 0 Å². The van der Waals surface area contributed by atoms with Gasteiger partial charge < -0.3 is 10.2 Å². The first-order valence-corrected chi connectivity index (χ1v) is 4.32. The van der Waals surface area contributed by atoms with E-state index in [0.717, 1.165) is 4.90 Å². The first kappa shape index (κ1) is 11.0. The van der Waals surface area contributed by atoms with Crippen molar-refractivity contribution < 1.29 is 14.4 Å². The molecule has 0 aromatic heterocycles. The molecule has 6 heteroatoms. The Labute approximate surface area is 87.2 Å². The smallest absolute Gasteiger partial charge is 0.327 e. The molecule has 0 unspecified atom stereocenters. The van der Waals surface area contributed by atoms with Crippen LogP contribution in [-0.2, 0) is 9.59 Å². The Morgan fingerprint density at radius 2 is 2.27 bits per heavy atom. The normalized spacial score (nSPS) is 15.5. The highest BCUT2D eigenvalue weighted by molar-refractivity contribution is 6.04. The average Bonchev–Trinajstić information content (AvgIpc) is 2.42. The zero-order valence-electron chi connectivity index (χ0n) is 8.32. The molecule has 15 heavy (non-hydrogen) atoms. The fraction of sp³-hybridized carbons (Fsp3) is 0.444. The minimum absolute atomic E-state index is 0.0151. The third-order valence-corrected chi connectivity index (χ3v) is 1.92. The molecular formula is C9H11N3O3. The summed E-state index contributed by atoms with van der Waals surface area (Å²) < 4.78 is 0. The predicted octanol–water partition coefficient (Wildman–Crippen LogP) is -1.37. The van der Waals surface area contributed by atoms with Crippen molar-refractivity contribution in [2.75, 3.05) is 26.7 Å². The number of imide groups is 1. The van der Waals surface area contributed by atoms with E-state index in [-0.39, 0.29) is 25.5 Å². The molecule has 0 aliphatic carbocycles. The van der Waals surface area contributed by atoms with Crippen molar-refractivity contribution >= 4 is 17.8 Å². The van der Waals surface area contributed by atoms with Crippen LogP contribution in [0.2, 0.25) is 0 Å². The van der Waals surface area contributed by atoms with E-state index in [1.165, 1.54) is 11.9 Å². The molecule has 1 aliphatic heterocycles. The molecule has 6 nitrogen and oxygen atoms in total. The minimum atomic E-state index is -0.462. The van der Waals surface area contributed by atoms with Gasteiger partial charge in [0.05, 0.1) is 6.54 Å². The Balaban J connectivity index is 2.52. The molecule has 1 rings (SSSR count). The topological polar surface area (TPSA) is 69.7 Å². The number of amides is 4. The van der Waals surface area contributed by atoms with E-state index < -0.39 is 11.9 Å². The van der Waals surface area contributed by atoms with Gasteiger partial charge in [0.2, 0.25) is 5.91 Å². The maximum atomic E-state index is 11.3. The van der Waals surface area contributed by atoms with Crippen molar-refractivity contribution in [3.63, 3.8) is 0 Å². The molecule has 1 aliphatic rings. The molecule has 0 saturated carbocycles. The standard InChI is InChI=1S/C9H11N3O3/c1-3-4-10-7(13)5-12-8(14)6-11(2)9(12)15/h1H,4-6H2,2H3,(H,10,13). The fourth-order valence-electron chi connectivity index (χ4n) is 1.17. The molecule has 0 atom stereocenters. The van der Waals surface area contributed by atoms with Gasteiger partial charge in [0, 0.05) is 7.05 Å². The van der Waals surface area contributed by atoms with E-state index in [4.69, 9.17) is 6.42 Å². The van der Waals surface area contributed by atoms with Crippen LogP contribution >= 0.6 is 0 Å². The van der Waals surface area contributed by atoms with Crippen LogP contribution in [0, 0.1) is 12.3 Å². The van der Waals surface area contributed by atoms with Crippen LogP contribution in [0.15, 0.2) is 0 Å². The van der Waals surface area contributed by atoms with Gasteiger partial charge in [0.1, 0.15) is 13.1 Å². The number of terminal acetylenes is 1. The Morgan fingerprint density at radius 3 is 2.73 bits per heavy atom. The third kappa shape index (κ3) is 2.47. The summed E-state index contributed by atoms with van der Waals surface area (Å²) in [7, 11) is 1.50. The van der Waals surface area contributed by atoms with Crippen LogP contribution in [0.5, 0.6) is 0 Å². The number of nitrogens with zero attached hydrogens (tertiary/aromatic N) is 2. The van der Waals surface area contributed by atoms with Gasteiger partial charge in [-0.05, 0) is 0 Å². The Morgan fingerprint density at radius 1 is 1.60 bits per heavy atom. The van der Waals surface area contributed by atoms with Gasteiger partial charge in [-0.15, -0.1) is 6.42 Å². The van der Waals surface area contributed by atoms with E-state index in [9.17, 15) is 14.4 Å². The average molecular weight is 209 g/mol. The zero-order valence-corrected chi connectivity index (χ0v) is 8.32. The van der Waals surface area contributed by atoms with Gasteiger partial charge in [-0.2, -0.15) is 0 Å². The monoisotopic (exact) mass is 209 g/mol. The summed E-state index contributed by atoms with van der Waals surface area (Å²) in [5.41, 5.74) is 0. The van der Waals surface area contributed by atoms with Crippen LogP contribution in [0.1, 0.15) is 0 Å². The third-order valence-electron chi connectivity index (χ3n) is 1.92. The maximum absolute atomic E-state index is 11.3. The summed E-state index contributed by atoms with van der Waals surface area (Å²) >= 11 is 0. The van der Waals surface area contributed by atoms with Crippen molar-refractivity contribution in [2.24, 2.45) is 0 Å². The number of hydrogen-bond donors (Lipinski definition) is 1. The van der Waals surface area contributed by atoms with Crippen LogP contribution in [0.4, 0.5) is 4.79 Å². The number of carbonyl (C=O) groups is 3. The number of nitrogens with one attached hydrogen (secondary N) is 1. The van der Waals surface area contributed by atoms with Gasteiger partial charge in [0.25, 0.3) is 5.91 Å². The van der Waals surface area contributed by atoms with Crippen molar-refractivity contribution in [2.45, 2.75) is 0 Å². The molecule has 1 heterocycles. The SMILES string of the molecule is C#CCNC(=O)CN1C(=O)CN(C)C1=O. The van der Waals surface area contributed by atoms with E-state index >= 15 is 0 Å². The lowest BCUT2D eigenvalue weighted by Crippen LogP contribution is -2.41. The molecule has 0 radical (unpaired) electrons. The molecule has 1 saturated heterocycles. The molecule has 0 aromatic carbocycles. The van der Waals surface area contributed by atoms with E-state index in [0.29, 0.717) is 0 Å². The molecule has 4 amide bonds. The van der Waals surface area contributed by atoms with E-state index in [1.54, 1.807) is 0 Å². The molecule has 1 fully saturated rings. The summed E-state index contributed by atoms with van der Waals surface area (Å²) in [4.78, 5) is 35.9. The summed E-state index contributed by atoms with van der Waals surface area (Å²) in [5.74, 6) is 1.41. The van der Waals surface area contributed by atoms with E-state index in [2.05, 4.69) is 11.2 Å². The summed E-state index contributed by atoms with van der Waals surface area (Å²) in [6.07, 6.45) is 4.94. The minimum Gasteiger partial charge on any atom is -0.344 e. The largest absolute Gasteiger partial charge is 0.344 e. The lowest BCUT2D eigenvalue weighted by molar-refractivity contribution is -0.130. The van der Waals surface area contributed by atoms with Crippen LogP contribution in [0.25, 0.3) is 0 Å². The second-order valence-electron chi connectivity index (χ2n) is 3.10. The number of urea groups is 1. The lowest BCUT2D eigenvalue weighted by atomic mass is 10.5. The number of hydrogen-bond acceptors (Lipinski definition) is 3. The summed E-state index contributed by atoms with van der Waals surface area (Å²) in [5, 5.41) is 2.38. The highest BCUT2D eigenvalue weighted by Gasteiger charge is 2.34. The molecular weight excluding hydrogens is 198 g/mol. The predicted molar refractivity (Wildman–Crippen MR) is 51.6 cm³/mol. The van der Waals surface area contributed by atoms with Gasteiger partial charge >= 0.3 is 6.03 Å². The number of rotatable bonds is 3. The maximum Gasteiger partial charge on any atom is 0.327 e. The quantitative estimate of drug-likeness (QED) is 0.460. The Kier molecular flexibility index (Phi) is 3.29. The van der Waals surface area contributed by atoms with Crippen molar-refractivity contribution in [1.29, 1.82) is 0 Å². The van der Waals surface area contributed by atoms with Gasteiger partial charge in [-0.25, -0.2) is 4.79 Å². The van der Waals surface area contributed by atoms with Crippen molar-refractivity contribution in [3.8, 4) is 12.3 Å². The molecule has 1 N–H and O–H groups in total. The highest BCUT2D eigenvalue weighted by atomic mass is 16.2. The highest BCUT2D eigenvalue weighted by Crippen LogP contribution is 2.06. The molecule has 0 bridgehead atoms. The van der Waals surface area contributed by atoms with E-state index in [1.807, 2.05) is 0 Å². The van der Waals surface area contributed by atoms with Crippen LogP contribution in [-0.4, -0.2) is 54.3 Å². The molecule has 0 aromatic rings. The summed E-state index contributed by atoms with van der Waals surface area (Å²) in [6, 6.07) is -0.462. The van der Waals surface area contributed by atoms with Gasteiger partial charge in [-0.3, -0.25) is 14.5 Å². The summed E-state index contributed by atoms with van der Waals surface area (Å²) in [6.45, 7) is -0.171.